The molecule has 0 aliphatic carbocycles. The van der Waals surface area contributed by atoms with Crippen LogP contribution < -0.4 is 10.6 Å². The normalized spacial score (nSPS) is 14.0. The number of carbonyl (C=O) groups is 1. The van der Waals surface area contributed by atoms with Crippen molar-refractivity contribution in [2.45, 2.75) is 38.5 Å². The first-order valence-electron chi connectivity index (χ1n) is 11.0. The van der Waals surface area contributed by atoms with Crippen molar-refractivity contribution in [3.8, 4) is 5.69 Å². The van der Waals surface area contributed by atoms with E-state index in [1.165, 1.54) is 17.8 Å². The summed E-state index contributed by atoms with van der Waals surface area (Å²) < 4.78 is 15.5. The maximum absolute atomic E-state index is 13.7. The molecule has 1 aliphatic heterocycles. The Morgan fingerprint density at radius 3 is 2.50 bits per heavy atom. The Bertz CT molecular complexity index is 1170. The Morgan fingerprint density at radius 2 is 1.88 bits per heavy atom. The van der Waals surface area contributed by atoms with Gasteiger partial charge in [-0.2, -0.15) is 9.49 Å². The fourth-order valence-corrected chi connectivity index (χ4v) is 4.16. The van der Waals surface area contributed by atoms with Crippen molar-refractivity contribution in [3.05, 3.63) is 81.4 Å². The molecule has 0 unspecified atom stereocenters. The number of benzene rings is 2. The van der Waals surface area contributed by atoms with E-state index in [9.17, 15) is 19.3 Å². The van der Waals surface area contributed by atoms with Crippen molar-refractivity contribution in [2.75, 3.05) is 18.4 Å². The van der Waals surface area contributed by atoms with Crippen molar-refractivity contribution in [3.63, 3.8) is 0 Å². The number of amides is 1. The Labute approximate surface area is 203 Å². The first-order valence-corrected chi connectivity index (χ1v) is 11.0. The van der Waals surface area contributed by atoms with Gasteiger partial charge in [0.05, 0.1) is 28.1 Å². The molecule has 1 amide bonds. The molecule has 1 fully saturated rings. The zero-order valence-corrected chi connectivity index (χ0v) is 19.8. The first-order chi connectivity index (χ1) is 15.8. The summed E-state index contributed by atoms with van der Waals surface area (Å²) in [5, 5.41) is 21.6. The summed E-state index contributed by atoms with van der Waals surface area (Å²) in [6, 6.07) is 11.4. The lowest BCUT2D eigenvalue weighted by atomic mass is 9.91. The third-order valence-corrected chi connectivity index (χ3v) is 5.98. The summed E-state index contributed by atoms with van der Waals surface area (Å²) in [7, 11) is 0. The zero-order chi connectivity index (χ0) is 23.5. The predicted molar refractivity (Wildman–Crippen MR) is 131 cm³/mol. The second-order valence-corrected chi connectivity index (χ2v) is 8.50. The van der Waals surface area contributed by atoms with Gasteiger partial charge in [-0.25, -0.2) is 4.68 Å². The number of nitro benzene ring substituents is 1. The van der Waals surface area contributed by atoms with Gasteiger partial charge in [-0.3, -0.25) is 14.9 Å². The highest BCUT2D eigenvalue weighted by Crippen LogP contribution is 2.31. The molecule has 0 saturated carbocycles. The van der Waals surface area contributed by atoms with Crippen LogP contribution in [0.25, 0.3) is 5.69 Å². The number of hydrogen-bond donors (Lipinski definition) is 2. The average Bonchev–Trinajstić information content (AvgIpc) is 3.26. The number of carbonyl (C=O) groups excluding carboxylic acids is 1. The molecule has 180 valence electrons. The Morgan fingerprint density at radius 1 is 1.21 bits per heavy atom. The van der Waals surface area contributed by atoms with E-state index < -0.39 is 22.3 Å². The fraction of sp³-hybridized carbons (Fsp3) is 0.333. The first kappa shape index (κ1) is 25.3. The van der Waals surface area contributed by atoms with Crippen molar-refractivity contribution in [2.24, 2.45) is 0 Å². The summed E-state index contributed by atoms with van der Waals surface area (Å²) in [6.45, 7) is 5.94. The van der Waals surface area contributed by atoms with Crippen LogP contribution in [0.5, 0.6) is 0 Å². The van der Waals surface area contributed by atoms with Crippen molar-refractivity contribution < 1.29 is 14.1 Å². The summed E-state index contributed by atoms with van der Waals surface area (Å²) >= 11 is 0. The second kappa shape index (κ2) is 10.8. The number of hydrogen-bond acceptors (Lipinski definition) is 5. The van der Waals surface area contributed by atoms with Gasteiger partial charge in [0.1, 0.15) is 0 Å². The van der Waals surface area contributed by atoms with Gasteiger partial charge in [0.25, 0.3) is 5.91 Å². The molecule has 2 heterocycles. The topological polar surface area (TPSA) is 102 Å². The lowest BCUT2D eigenvalue weighted by Crippen LogP contribution is -2.29. The van der Waals surface area contributed by atoms with Crippen molar-refractivity contribution in [1.29, 1.82) is 0 Å². The van der Waals surface area contributed by atoms with Crippen LogP contribution in [-0.4, -0.2) is 33.7 Å². The third-order valence-electron chi connectivity index (χ3n) is 5.98. The number of rotatable bonds is 6. The van der Waals surface area contributed by atoms with Gasteiger partial charge >= 0.3 is 5.69 Å². The van der Waals surface area contributed by atoms with E-state index in [2.05, 4.69) is 41.7 Å². The number of piperidine rings is 1. The molecular weight excluding hydrogens is 461 g/mol. The minimum absolute atomic E-state index is 0. The molecular formula is C24H27ClFN5O3. The molecule has 34 heavy (non-hydrogen) atoms. The Balaban J connectivity index is 0.00000324. The van der Waals surface area contributed by atoms with Crippen LogP contribution in [0.4, 0.5) is 15.8 Å². The van der Waals surface area contributed by atoms with E-state index in [4.69, 9.17) is 0 Å². The minimum atomic E-state index is -0.953. The zero-order valence-electron chi connectivity index (χ0n) is 19.0. The molecule has 10 heteroatoms. The molecule has 3 aromatic rings. The number of anilines is 1. The predicted octanol–water partition coefficient (Wildman–Crippen LogP) is 5.18. The summed E-state index contributed by atoms with van der Waals surface area (Å²) in [6.07, 6.45) is 3.25. The standard InChI is InChI=1S/C24H26FN5O3.ClH/c1-15(2)16-3-6-19(7-4-16)29-23(17-9-11-26-12-10-17)20(14-27-29)24(31)28-18-5-8-21(25)22(13-18)30(32)33;/h3-8,13-15,17,26H,9-12H2,1-2H3,(H,28,31);1H. The van der Waals surface area contributed by atoms with Crippen molar-refractivity contribution in [1.82, 2.24) is 15.1 Å². The highest BCUT2D eigenvalue weighted by molar-refractivity contribution is 6.05. The van der Waals surface area contributed by atoms with Gasteiger partial charge in [0.2, 0.25) is 5.82 Å². The van der Waals surface area contributed by atoms with Gasteiger partial charge in [-0.1, -0.05) is 26.0 Å². The number of nitrogens with zero attached hydrogens (tertiary/aromatic N) is 3. The number of halogens is 2. The number of nitro groups is 1. The molecule has 0 atom stereocenters. The van der Waals surface area contributed by atoms with E-state index >= 15 is 0 Å². The van der Waals surface area contributed by atoms with Gasteiger partial charge < -0.3 is 10.6 Å². The smallest absolute Gasteiger partial charge is 0.306 e. The molecule has 1 aliphatic rings. The van der Waals surface area contributed by atoms with Gasteiger partial charge in [-0.15, -0.1) is 12.4 Å². The maximum Gasteiger partial charge on any atom is 0.306 e. The maximum atomic E-state index is 13.7. The highest BCUT2D eigenvalue weighted by atomic mass is 35.5. The molecule has 2 N–H and O–H groups in total. The van der Waals surface area contributed by atoms with Crippen LogP contribution in [0, 0.1) is 15.9 Å². The third kappa shape index (κ3) is 5.26. The monoisotopic (exact) mass is 487 g/mol. The SMILES string of the molecule is CC(C)c1ccc(-n2ncc(C(=O)Nc3ccc(F)c([N+](=O)[O-])c3)c2C2CCNCC2)cc1.Cl. The van der Waals surface area contributed by atoms with Crippen LogP contribution in [0.2, 0.25) is 0 Å². The lowest BCUT2D eigenvalue weighted by molar-refractivity contribution is -0.387. The molecule has 0 spiro atoms. The van der Waals surface area contributed by atoms with Crippen LogP contribution in [0.15, 0.2) is 48.7 Å². The molecule has 4 rings (SSSR count). The Hall–Kier alpha value is -3.30. The largest absolute Gasteiger partial charge is 0.322 e. The van der Waals surface area contributed by atoms with E-state index in [1.807, 2.05) is 16.8 Å². The van der Waals surface area contributed by atoms with Gasteiger partial charge in [-0.05, 0) is 61.7 Å². The van der Waals surface area contributed by atoms with Crippen molar-refractivity contribution >= 4 is 29.7 Å². The van der Waals surface area contributed by atoms with Crippen LogP contribution in [0.1, 0.15) is 60.1 Å². The molecule has 0 bridgehead atoms. The van der Waals surface area contributed by atoms with Gasteiger partial charge in [0, 0.05) is 17.7 Å². The van der Waals surface area contributed by atoms with Crippen LogP contribution in [-0.2, 0) is 0 Å². The van der Waals surface area contributed by atoms with E-state index in [-0.39, 0.29) is 24.0 Å². The second-order valence-electron chi connectivity index (χ2n) is 8.50. The molecule has 8 nitrogen and oxygen atoms in total. The molecule has 2 aromatic carbocycles. The number of aromatic nitrogens is 2. The summed E-state index contributed by atoms with van der Waals surface area (Å²) in [4.78, 5) is 23.4. The minimum Gasteiger partial charge on any atom is -0.322 e. The van der Waals surface area contributed by atoms with Gasteiger partial charge in [0.15, 0.2) is 0 Å². The lowest BCUT2D eigenvalue weighted by Gasteiger charge is -2.25. The molecule has 0 radical (unpaired) electrons. The molecule has 1 aromatic heterocycles. The van der Waals surface area contributed by atoms with E-state index in [0.717, 1.165) is 49.4 Å². The highest BCUT2D eigenvalue weighted by Gasteiger charge is 2.27. The average molecular weight is 488 g/mol. The van der Waals surface area contributed by atoms with Crippen LogP contribution in [0.3, 0.4) is 0 Å². The Kier molecular flexibility index (Phi) is 8.01. The number of nitrogens with one attached hydrogen (secondary N) is 2. The quantitative estimate of drug-likeness (QED) is 0.368. The summed E-state index contributed by atoms with van der Waals surface area (Å²) in [5.74, 6) is -0.857. The van der Waals surface area contributed by atoms with Crippen LogP contribution >= 0.6 is 12.4 Å². The van der Waals surface area contributed by atoms with E-state index in [0.29, 0.717) is 11.5 Å². The van der Waals surface area contributed by atoms with E-state index in [1.54, 1.807) is 0 Å². The fourth-order valence-electron chi connectivity index (χ4n) is 4.16. The molecule has 1 saturated heterocycles. The summed E-state index contributed by atoms with van der Waals surface area (Å²) in [5.41, 5.74) is 2.75.